The molecule has 1 heterocycles. The van der Waals surface area contributed by atoms with Gasteiger partial charge in [-0.3, -0.25) is 4.79 Å². The number of rotatable bonds is 6. The van der Waals surface area contributed by atoms with Crippen LogP contribution in [0.5, 0.6) is 0 Å². The predicted octanol–water partition coefficient (Wildman–Crippen LogP) is 10.00. The van der Waals surface area contributed by atoms with Crippen LogP contribution in [0.2, 0.25) is 17.3 Å². The van der Waals surface area contributed by atoms with Gasteiger partial charge < -0.3 is 5.11 Å². The molecule has 0 saturated carbocycles. The minimum atomic E-state index is -1.93. The quantitative estimate of drug-likeness (QED) is 0.0598. The topological polar surface area (TPSA) is 50.2 Å². The number of aliphatic hydroxyl groups is 1. The number of carbonyl (C=O) groups is 1. The van der Waals surface area contributed by atoms with Crippen LogP contribution in [0.25, 0.3) is 39.0 Å². The van der Waals surface area contributed by atoms with Crippen LogP contribution < -0.4 is 4.40 Å². The summed E-state index contributed by atoms with van der Waals surface area (Å²) in [7, 11) is 0. The Kier molecular flexibility index (Phi) is 11.7. The molecule has 5 heteroatoms. The zero-order valence-electron chi connectivity index (χ0n) is 26.8. The van der Waals surface area contributed by atoms with E-state index >= 15 is 0 Å². The maximum absolute atomic E-state index is 11.8. The van der Waals surface area contributed by atoms with Crippen molar-refractivity contribution >= 4 is 40.1 Å². The Bertz CT molecular complexity index is 1950. The molecule has 1 N–H and O–H groups in total. The minimum absolute atomic E-state index is 0. The summed E-state index contributed by atoms with van der Waals surface area (Å²) in [5.41, 5.74) is 9.18. The smallest absolute Gasteiger partial charge is 0.189 e. The predicted molar refractivity (Wildman–Crippen MR) is 192 cm³/mol. The zero-order chi connectivity index (χ0) is 32.0. The van der Waals surface area contributed by atoms with E-state index in [1.54, 1.807) is 36.4 Å². The van der Waals surface area contributed by atoms with Gasteiger partial charge in [-0.1, -0.05) is 60.7 Å². The maximum atomic E-state index is 11.8. The molecule has 0 aliphatic carbocycles. The normalized spacial score (nSPS) is 11.3. The Morgan fingerprint density at radius 1 is 0.739 bits per heavy atom. The second-order valence-corrected chi connectivity index (χ2v) is 22.9. The van der Waals surface area contributed by atoms with Crippen LogP contribution in [0.3, 0.4) is 0 Å². The molecule has 233 valence electrons. The van der Waals surface area contributed by atoms with Crippen molar-refractivity contribution in [3.8, 4) is 22.4 Å². The molecule has 46 heavy (non-hydrogen) atoms. The van der Waals surface area contributed by atoms with Crippen LogP contribution in [0.1, 0.15) is 27.0 Å². The SMILES string of the molecule is Cc1[c-]c(-c2cc(-c3ccccc3)c3c[c]([Ge]([CH3])([CH3])[CH3])ccc3n2)cc(C)c1.O=C(/C=C(\O)c1ccccc1)c1ccccc1.[Ir]. The molecule has 1 radical (unpaired) electrons. The van der Waals surface area contributed by atoms with Crippen molar-refractivity contribution in [2.75, 3.05) is 0 Å². The number of aryl methyl sites for hydroxylation is 2. The maximum Gasteiger partial charge on any atom is 0.189 e. The molecule has 0 bridgehead atoms. The monoisotopic (exact) mass is 843 g/mol. The van der Waals surface area contributed by atoms with Crippen molar-refractivity contribution in [1.29, 1.82) is 0 Å². The fraction of sp³-hybridized carbons (Fsp3) is 0.122. The average molecular weight is 842 g/mol. The average Bonchev–Trinajstić information content (AvgIpc) is 3.04. The third kappa shape index (κ3) is 8.79. The summed E-state index contributed by atoms with van der Waals surface area (Å²) in [6, 6.07) is 45.5. The molecule has 6 rings (SSSR count). The molecule has 0 atom stereocenters. The van der Waals surface area contributed by atoms with Gasteiger partial charge in [0, 0.05) is 37.3 Å². The van der Waals surface area contributed by atoms with E-state index in [9.17, 15) is 9.90 Å². The third-order valence-corrected chi connectivity index (χ3v) is 11.9. The van der Waals surface area contributed by atoms with Crippen molar-refractivity contribution in [1.82, 2.24) is 4.98 Å². The van der Waals surface area contributed by atoms with Gasteiger partial charge in [-0.2, -0.15) is 0 Å². The molecular weight excluding hydrogens is 803 g/mol. The van der Waals surface area contributed by atoms with Crippen molar-refractivity contribution < 1.29 is 30.0 Å². The van der Waals surface area contributed by atoms with E-state index in [0.717, 1.165) is 22.3 Å². The van der Waals surface area contributed by atoms with Crippen molar-refractivity contribution in [3.63, 3.8) is 0 Å². The van der Waals surface area contributed by atoms with Gasteiger partial charge in [-0.05, 0) is 0 Å². The number of hydrogen-bond donors (Lipinski definition) is 1. The van der Waals surface area contributed by atoms with Crippen molar-refractivity contribution in [2.24, 2.45) is 0 Å². The first-order chi connectivity index (χ1) is 21.6. The van der Waals surface area contributed by atoms with E-state index in [1.165, 1.54) is 32.5 Å². The molecule has 0 aliphatic rings. The molecule has 0 fully saturated rings. The molecule has 0 saturated heterocycles. The van der Waals surface area contributed by atoms with E-state index in [4.69, 9.17) is 4.98 Å². The van der Waals surface area contributed by atoms with Crippen LogP contribution in [-0.4, -0.2) is 29.1 Å². The Morgan fingerprint density at radius 3 is 1.91 bits per heavy atom. The molecule has 0 spiro atoms. The van der Waals surface area contributed by atoms with Crippen LogP contribution in [0, 0.1) is 19.9 Å². The number of carbonyl (C=O) groups excluding carboxylic acids is 1. The first kappa shape index (κ1) is 34.8. The molecule has 3 nitrogen and oxygen atoms in total. The summed E-state index contributed by atoms with van der Waals surface area (Å²) in [4.78, 5) is 16.8. The van der Waals surface area contributed by atoms with Crippen LogP contribution in [0.15, 0.2) is 133 Å². The fourth-order valence-electron chi connectivity index (χ4n) is 5.22. The largest absolute Gasteiger partial charge is 0.507 e. The fourth-order valence-corrected chi connectivity index (χ4v) is 7.66. The van der Waals surface area contributed by atoms with E-state index in [2.05, 4.69) is 104 Å². The van der Waals surface area contributed by atoms with E-state index in [-0.39, 0.29) is 31.6 Å². The summed E-state index contributed by atoms with van der Waals surface area (Å²) < 4.78 is 1.51. The summed E-state index contributed by atoms with van der Waals surface area (Å²) >= 11 is -1.93. The van der Waals surface area contributed by atoms with Gasteiger partial charge in [0.1, 0.15) is 5.76 Å². The summed E-state index contributed by atoms with van der Waals surface area (Å²) in [5, 5.41) is 11.0. The Morgan fingerprint density at radius 2 is 1.33 bits per heavy atom. The zero-order valence-corrected chi connectivity index (χ0v) is 31.3. The Balaban J connectivity index is 0.000000230. The number of nitrogens with zero attached hydrogens (tertiary/aromatic N) is 1. The van der Waals surface area contributed by atoms with Gasteiger partial charge in [0.2, 0.25) is 0 Å². The number of pyridine rings is 1. The second kappa shape index (κ2) is 15.5. The van der Waals surface area contributed by atoms with Crippen molar-refractivity contribution in [3.05, 3.63) is 162 Å². The Hall–Kier alpha value is -4.09. The van der Waals surface area contributed by atoms with Gasteiger partial charge >= 0.3 is 171 Å². The van der Waals surface area contributed by atoms with Gasteiger partial charge in [0.05, 0.1) is 0 Å². The number of allylic oxidation sites excluding steroid dienone is 1. The van der Waals surface area contributed by atoms with Crippen LogP contribution in [-0.2, 0) is 20.1 Å². The van der Waals surface area contributed by atoms with Gasteiger partial charge in [0.15, 0.2) is 5.78 Å². The molecular formula is C41H38GeIrNO2-. The number of aromatic nitrogens is 1. The van der Waals surface area contributed by atoms with E-state index in [1.807, 2.05) is 24.3 Å². The standard InChI is InChI=1S/C26H26GeN.C15H12O2.Ir/c1-18-13-19(2)15-21(14-18)26-17-23(20-9-7-6-8-10-20)24-16-22(27(3,4)5)11-12-25(24)28-26;16-14(12-7-3-1-4-8-12)11-15(17)13-9-5-2-6-10-13;/h6-14,16-17H,1-5H3;1-11,16H;/q-1;;/b;14-11-;. The Labute approximate surface area is 288 Å². The van der Waals surface area contributed by atoms with Crippen molar-refractivity contribution in [2.45, 2.75) is 31.1 Å². The third-order valence-electron chi connectivity index (χ3n) is 7.58. The number of fused-ring (bicyclic) bond motifs is 1. The number of hydrogen-bond acceptors (Lipinski definition) is 3. The molecule has 5 aromatic carbocycles. The van der Waals surface area contributed by atoms with Gasteiger partial charge in [-0.25, -0.2) is 0 Å². The van der Waals surface area contributed by atoms with E-state index < -0.39 is 13.3 Å². The molecule has 0 amide bonds. The number of ketones is 1. The van der Waals surface area contributed by atoms with Crippen LogP contribution in [0.4, 0.5) is 0 Å². The number of aliphatic hydroxyl groups excluding tert-OH is 1. The summed E-state index contributed by atoms with van der Waals surface area (Å²) in [5.74, 6) is 7.10. The molecule has 1 aromatic heterocycles. The molecule has 0 unspecified atom stereocenters. The second-order valence-electron chi connectivity index (χ2n) is 12.3. The van der Waals surface area contributed by atoms with Gasteiger partial charge in [-0.15, -0.1) is 0 Å². The summed E-state index contributed by atoms with van der Waals surface area (Å²) in [6.45, 7) is 4.23. The summed E-state index contributed by atoms with van der Waals surface area (Å²) in [6.07, 6.45) is 1.24. The van der Waals surface area contributed by atoms with Crippen LogP contribution >= 0.6 is 0 Å². The minimum Gasteiger partial charge on any atom is -0.507 e. The first-order valence-electron chi connectivity index (χ1n) is 15.2. The van der Waals surface area contributed by atoms with E-state index in [0.29, 0.717) is 11.1 Å². The number of benzene rings is 5. The molecule has 0 aliphatic heterocycles. The molecule has 6 aromatic rings. The van der Waals surface area contributed by atoms with Gasteiger partial charge in [0.25, 0.3) is 0 Å². The first-order valence-corrected chi connectivity index (χ1v) is 22.5.